The number of benzene rings is 2. The smallest absolute Gasteiger partial charge is 0.261 e. The summed E-state index contributed by atoms with van der Waals surface area (Å²) in [6.45, 7) is 2.42. The first kappa shape index (κ1) is 24.1. The fraction of sp³-hybridized carbons (Fsp3) is 0.227. The lowest BCUT2D eigenvalue weighted by Crippen LogP contribution is -2.26. The molecule has 2 aromatic carbocycles. The third-order valence-electron chi connectivity index (χ3n) is 5.52. The SMILES string of the molecule is Cc1ccc(NS(=O)(=O)c2ccc(S(=O)(=O)NC=C3CCCCNC3=O)cc2)c2[nH]cc(Cl)c12. The normalized spacial score (nSPS) is 16.3. The highest BCUT2D eigenvalue weighted by molar-refractivity contribution is 7.92. The van der Waals surface area contributed by atoms with Gasteiger partial charge in [0, 0.05) is 29.9 Å². The van der Waals surface area contributed by atoms with E-state index in [0.29, 0.717) is 40.2 Å². The van der Waals surface area contributed by atoms with Crippen molar-refractivity contribution in [3.05, 3.63) is 65.0 Å². The summed E-state index contributed by atoms with van der Waals surface area (Å²) < 4.78 is 55.9. The van der Waals surface area contributed by atoms with Crippen molar-refractivity contribution in [1.82, 2.24) is 15.0 Å². The van der Waals surface area contributed by atoms with Crippen LogP contribution in [0.25, 0.3) is 10.9 Å². The van der Waals surface area contributed by atoms with Crippen LogP contribution >= 0.6 is 11.6 Å². The van der Waals surface area contributed by atoms with Crippen LogP contribution in [0.5, 0.6) is 0 Å². The first-order chi connectivity index (χ1) is 16.1. The van der Waals surface area contributed by atoms with Gasteiger partial charge in [-0.2, -0.15) is 0 Å². The van der Waals surface area contributed by atoms with E-state index in [0.717, 1.165) is 18.4 Å². The molecule has 34 heavy (non-hydrogen) atoms. The lowest BCUT2D eigenvalue weighted by molar-refractivity contribution is -0.117. The molecule has 1 fully saturated rings. The summed E-state index contributed by atoms with van der Waals surface area (Å²) in [5.74, 6) is -0.304. The summed E-state index contributed by atoms with van der Waals surface area (Å²) >= 11 is 6.19. The minimum atomic E-state index is -4.00. The molecular weight excluding hydrogens is 500 g/mol. The zero-order valence-corrected chi connectivity index (χ0v) is 20.6. The van der Waals surface area contributed by atoms with Gasteiger partial charge in [-0.3, -0.25) is 14.2 Å². The maximum Gasteiger partial charge on any atom is 0.261 e. The summed E-state index contributed by atoms with van der Waals surface area (Å²) in [4.78, 5) is 14.7. The number of fused-ring (bicyclic) bond motifs is 1. The molecule has 0 bridgehead atoms. The Morgan fingerprint density at radius 1 is 0.971 bits per heavy atom. The van der Waals surface area contributed by atoms with Crippen molar-refractivity contribution in [2.24, 2.45) is 0 Å². The molecule has 12 heteroatoms. The number of H-pyrrole nitrogens is 1. The number of rotatable bonds is 6. The van der Waals surface area contributed by atoms with Crippen LogP contribution < -0.4 is 14.8 Å². The Morgan fingerprint density at radius 2 is 1.65 bits per heavy atom. The number of nitrogens with one attached hydrogen (secondary N) is 4. The fourth-order valence-corrected chi connectivity index (χ4v) is 5.98. The Kier molecular flexibility index (Phi) is 6.61. The quantitative estimate of drug-likeness (QED) is 0.368. The summed E-state index contributed by atoms with van der Waals surface area (Å²) in [6.07, 6.45) is 4.83. The zero-order chi connectivity index (χ0) is 24.5. The lowest BCUT2D eigenvalue weighted by atomic mass is 10.1. The number of aromatic nitrogens is 1. The number of aromatic amines is 1. The molecule has 4 rings (SSSR count). The summed E-state index contributed by atoms with van der Waals surface area (Å²) in [5, 5.41) is 3.90. The number of hydrogen-bond acceptors (Lipinski definition) is 5. The number of anilines is 1. The van der Waals surface area contributed by atoms with Crippen molar-refractivity contribution in [2.45, 2.75) is 36.0 Å². The van der Waals surface area contributed by atoms with E-state index in [1.807, 2.05) is 6.92 Å². The number of hydrogen-bond donors (Lipinski definition) is 4. The Balaban J connectivity index is 1.55. The highest BCUT2D eigenvalue weighted by Gasteiger charge is 2.20. The van der Waals surface area contributed by atoms with Crippen molar-refractivity contribution < 1.29 is 21.6 Å². The van der Waals surface area contributed by atoms with Crippen LogP contribution in [-0.2, 0) is 24.8 Å². The molecule has 1 aliphatic rings. The second kappa shape index (κ2) is 9.32. The van der Waals surface area contributed by atoms with Crippen LogP contribution in [0.15, 0.2) is 64.2 Å². The second-order valence-electron chi connectivity index (χ2n) is 7.90. The fourth-order valence-electron chi connectivity index (χ4n) is 3.68. The van der Waals surface area contributed by atoms with Crippen molar-refractivity contribution in [3.63, 3.8) is 0 Å². The maximum absolute atomic E-state index is 12.9. The van der Waals surface area contributed by atoms with E-state index in [-0.39, 0.29) is 15.7 Å². The van der Waals surface area contributed by atoms with Crippen molar-refractivity contribution in [1.29, 1.82) is 0 Å². The van der Waals surface area contributed by atoms with Crippen molar-refractivity contribution >= 4 is 54.1 Å². The van der Waals surface area contributed by atoms with Crippen LogP contribution in [0.3, 0.4) is 0 Å². The number of halogens is 1. The Labute approximate surface area is 202 Å². The second-order valence-corrected chi connectivity index (χ2v) is 11.7. The molecule has 1 saturated heterocycles. The molecule has 0 unspecified atom stereocenters. The first-order valence-electron chi connectivity index (χ1n) is 10.5. The van der Waals surface area contributed by atoms with Gasteiger partial charge in [0.2, 0.25) is 5.91 Å². The topological polar surface area (TPSA) is 137 Å². The Hall–Kier alpha value is -3.02. The molecule has 1 amide bonds. The molecular formula is C22H23ClN4O5S2. The molecule has 0 radical (unpaired) electrons. The Morgan fingerprint density at radius 3 is 2.35 bits per heavy atom. The van der Waals surface area contributed by atoms with Crippen LogP contribution in [0.1, 0.15) is 24.8 Å². The van der Waals surface area contributed by atoms with Gasteiger partial charge in [0.1, 0.15) is 0 Å². The molecule has 9 nitrogen and oxygen atoms in total. The minimum Gasteiger partial charge on any atom is -0.358 e. The monoisotopic (exact) mass is 522 g/mol. The van der Waals surface area contributed by atoms with E-state index in [1.54, 1.807) is 18.3 Å². The maximum atomic E-state index is 12.9. The minimum absolute atomic E-state index is 0.112. The highest BCUT2D eigenvalue weighted by Crippen LogP contribution is 2.32. The summed E-state index contributed by atoms with van der Waals surface area (Å²) in [6, 6.07) is 8.18. The standard InChI is InChI=1S/C22H23ClN4O5S2/c1-14-5-10-19(21-20(14)18(23)13-25-21)27-34(31,32)17-8-6-16(7-9-17)33(29,30)26-12-15-4-2-3-11-24-22(15)28/h5-10,12-13,25-27H,2-4,11H2,1H3,(H,24,28). The first-order valence-corrected chi connectivity index (χ1v) is 13.8. The molecule has 2 heterocycles. The number of aryl methyl sites for hydroxylation is 1. The van der Waals surface area contributed by atoms with Crippen LogP contribution in [-0.4, -0.2) is 34.3 Å². The Bertz CT molecular complexity index is 1490. The van der Waals surface area contributed by atoms with E-state index < -0.39 is 20.0 Å². The third kappa shape index (κ3) is 4.91. The molecule has 0 saturated carbocycles. The van der Waals surface area contributed by atoms with Gasteiger partial charge in [-0.25, -0.2) is 16.8 Å². The van der Waals surface area contributed by atoms with E-state index in [2.05, 4.69) is 19.7 Å². The van der Waals surface area contributed by atoms with E-state index in [9.17, 15) is 21.6 Å². The van der Waals surface area contributed by atoms with Gasteiger partial charge in [0.05, 0.1) is 26.0 Å². The summed E-state index contributed by atoms with van der Waals surface area (Å²) in [7, 11) is -7.99. The molecule has 4 N–H and O–H groups in total. The molecule has 0 atom stereocenters. The molecule has 1 aromatic heterocycles. The van der Waals surface area contributed by atoms with Crippen LogP contribution in [0.4, 0.5) is 5.69 Å². The van der Waals surface area contributed by atoms with E-state index in [4.69, 9.17) is 11.6 Å². The van der Waals surface area contributed by atoms with Crippen molar-refractivity contribution in [3.8, 4) is 0 Å². The van der Waals surface area contributed by atoms with Crippen LogP contribution in [0.2, 0.25) is 5.02 Å². The van der Waals surface area contributed by atoms with Crippen LogP contribution in [0, 0.1) is 6.92 Å². The van der Waals surface area contributed by atoms with Gasteiger partial charge in [0.25, 0.3) is 20.0 Å². The number of carbonyl (C=O) groups excluding carboxylic acids is 1. The van der Waals surface area contributed by atoms with Gasteiger partial charge in [-0.15, -0.1) is 0 Å². The molecule has 180 valence electrons. The third-order valence-corrected chi connectivity index (χ3v) is 8.52. The summed E-state index contributed by atoms with van der Waals surface area (Å²) in [5.41, 5.74) is 2.10. The van der Waals surface area contributed by atoms with Gasteiger partial charge in [-0.1, -0.05) is 17.7 Å². The predicted octanol–water partition coefficient (Wildman–Crippen LogP) is 3.39. The lowest BCUT2D eigenvalue weighted by Gasteiger charge is -2.11. The zero-order valence-electron chi connectivity index (χ0n) is 18.2. The van der Waals surface area contributed by atoms with Gasteiger partial charge in [-0.05, 0) is 62.1 Å². The largest absolute Gasteiger partial charge is 0.358 e. The van der Waals surface area contributed by atoms with Gasteiger partial charge >= 0.3 is 0 Å². The van der Waals surface area contributed by atoms with Gasteiger partial charge < -0.3 is 10.3 Å². The number of amides is 1. The van der Waals surface area contributed by atoms with E-state index >= 15 is 0 Å². The highest BCUT2D eigenvalue weighted by atomic mass is 35.5. The van der Waals surface area contributed by atoms with E-state index in [1.165, 1.54) is 30.5 Å². The predicted molar refractivity (Wildman–Crippen MR) is 131 cm³/mol. The van der Waals surface area contributed by atoms with Crippen molar-refractivity contribution in [2.75, 3.05) is 11.3 Å². The van der Waals surface area contributed by atoms with Gasteiger partial charge in [0.15, 0.2) is 0 Å². The average Bonchev–Trinajstić information content (AvgIpc) is 3.07. The molecule has 0 aliphatic carbocycles. The number of sulfonamides is 2. The molecule has 0 spiro atoms. The average molecular weight is 523 g/mol. The number of carbonyl (C=O) groups is 1. The molecule has 3 aromatic rings. The molecule has 1 aliphatic heterocycles.